The first kappa shape index (κ1) is 21.3. The fourth-order valence-electron chi connectivity index (χ4n) is 4.52. The maximum absolute atomic E-state index is 12.6. The fraction of sp³-hybridized carbons (Fsp3) is 0.360. The molecule has 1 aliphatic rings. The van der Waals surface area contributed by atoms with Crippen LogP contribution < -0.4 is 16.2 Å². The van der Waals surface area contributed by atoms with Gasteiger partial charge in [-0.25, -0.2) is 9.97 Å². The van der Waals surface area contributed by atoms with E-state index in [2.05, 4.69) is 32.9 Å². The molecule has 8 heteroatoms. The molecular formula is C25H28N6O2. The molecule has 4 aromatic rings. The third kappa shape index (κ3) is 4.96. The molecule has 1 saturated carbocycles. The van der Waals surface area contributed by atoms with Gasteiger partial charge < -0.3 is 15.0 Å². The highest BCUT2D eigenvalue weighted by atomic mass is 16.2. The van der Waals surface area contributed by atoms with Gasteiger partial charge in [-0.2, -0.15) is 0 Å². The zero-order valence-corrected chi connectivity index (χ0v) is 18.5. The van der Waals surface area contributed by atoms with E-state index in [1.165, 1.54) is 48.1 Å². The number of nitrogens with one attached hydrogen (secondary N) is 2. The van der Waals surface area contributed by atoms with Crippen LogP contribution in [0.25, 0.3) is 11.3 Å². The monoisotopic (exact) mass is 444 g/mol. The number of rotatable bonds is 7. The van der Waals surface area contributed by atoms with Crippen molar-refractivity contribution in [2.24, 2.45) is 5.92 Å². The van der Waals surface area contributed by atoms with Gasteiger partial charge in [0.05, 0.1) is 12.2 Å². The predicted molar refractivity (Wildman–Crippen MR) is 126 cm³/mol. The van der Waals surface area contributed by atoms with Gasteiger partial charge in [0.15, 0.2) is 0 Å². The van der Waals surface area contributed by atoms with Gasteiger partial charge in [-0.15, -0.1) is 0 Å². The molecule has 1 amide bonds. The van der Waals surface area contributed by atoms with E-state index >= 15 is 0 Å². The Kier molecular flexibility index (Phi) is 6.17. The first-order chi connectivity index (χ1) is 16.2. The highest BCUT2D eigenvalue weighted by Crippen LogP contribution is 2.22. The van der Waals surface area contributed by atoms with Crippen molar-refractivity contribution in [2.75, 3.05) is 6.54 Å². The Morgan fingerprint density at radius 3 is 2.76 bits per heavy atom. The molecule has 0 unspecified atom stereocenters. The highest BCUT2D eigenvalue weighted by Gasteiger charge is 2.13. The molecule has 1 aliphatic carbocycles. The molecule has 1 fully saturated rings. The number of hydrogen-bond donors (Lipinski definition) is 2. The van der Waals surface area contributed by atoms with Gasteiger partial charge in [-0.1, -0.05) is 31.4 Å². The fourth-order valence-corrected chi connectivity index (χ4v) is 4.52. The molecule has 8 nitrogen and oxygen atoms in total. The smallest absolute Gasteiger partial charge is 0.270 e. The summed E-state index contributed by atoms with van der Waals surface area (Å²) in [5.41, 5.74) is 3.02. The lowest BCUT2D eigenvalue weighted by Crippen LogP contribution is -2.27. The molecule has 0 saturated heterocycles. The molecule has 0 spiro atoms. The van der Waals surface area contributed by atoms with E-state index in [0.29, 0.717) is 5.65 Å². The average Bonchev–Trinajstić information content (AvgIpc) is 3.25. The van der Waals surface area contributed by atoms with Crippen molar-refractivity contribution in [3.8, 4) is 0 Å². The average molecular weight is 445 g/mol. The van der Waals surface area contributed by atoms with Crippen molar-refractivity contribution in [3.05, 3.63) is 82.3 Å². The molecule has 0 bridgehead atoms. The number of carbonyl (C=O) groups is 1. The number of pyridine rings is 2. The molecular weight excluding hydrogens is 416 g/mol. The van der Waals surface area contributed by atoms with E-state index in [-0.39, 0.29) is 17.8 Å². The molecule has 5 rings (SSSR count). The summed E-state index contributed by atoms with van der Waals surface area (Å²) >= 11 is 0. The Hall–Kier alpha value is -3.52. The summed E-state index contributed by atoms with van der Waals surface area (Å²) < 4.78 is 3.39. The molecule has 4 aromatic heterocycles. The SMILES string of the molecule is O=C(NCc1cn2cc(CNCC3CCCCC3)ccc2n1)c1cc(=O)n2ccccc2n1. The van der Waals surface area contributed by atoms with Gasteiger partial charge in [0.25, 0.3) is 11.5 Å². The van der Waals surface area contributed by atoms with Crippen LogP contribution in [0.2, 0.25) is 0 Å². The van der Waals surface area contributed by atoms with Crippen LogP contribution in [0, 0.1) is 5.92 Å². The van der Waals surface area contributed by atoms with Crippen molar-refractivity contribution in [2.45, 2.75) is 45.2 Å². The highest BCUT2D eigenvalue weighted by molar-refractivity contribution is 5.92. The van der Waals surface area contributed by atoms with Crippen molar-refractivity contribution in [1.29, 1.82) is 0 Å². The van der Waals surface area contributed by atoms with Gasteiger partial charge in [0.1, 0.15) is 17.0 Å². The topological polar surface area (TPSA) is 92.8 Å². The van der Waals surface area contributed by atoms with Gasteiger partial charge in [0.2, 0.25) is 0 Å². The van der Waals surface area contributed by atoms with Crippen LogP contribution >= 0.6 is 0 Å². The molecule has 170 valence electrons. The van der Waals surface area contributed by atoms with Crippen LogP contribution in [0.4, 0.5) is 0 Å². The summed E-state index contributed by atoms with van der Waals surface area (Å²) in [7, 11) is 0. The first-order valence-corrected chi connectivity index (χ1v) is 11.6. The minimum Gasteiger partial charge on any atom is -0.345 e. The van der Waals surface area contributed by atoms with Crippen molar-refractivity contribution >= 4 is 17.2 Å². The maximum Gasteiger partial charge on any atom is 0.270 e. The quantitative estimate of drug-likeness (QED) is 0.457. The van der Waals surface area contributed by atoms with Gasteiger partial charge >= 0.3 is 0 Å². The zero-order chi connectivity index (χ0) is 22.6. The van der Waals surface area contributed by atoms with Gasteiger partial charge in [-0.3, -0.25) is 14.0 Å². The second kappa shape index (κ2) is 9.54. The normalized spacial score (nSPS) is 14.7. The molecule has 0 aromatic carbocycles. The van der Waals surface area contributed by atoms with E-state index < -0.39 is 5.91 Å². The largest absolute Gasteiger partial charge is 0.345 e. The molecule has 0 atom stereocenters. The standard InChI is InChI=1S/C25H28N6O2/c32-24-12-21(29-23-8-4-5-11-31(23)24)25(33)27-15-20-17-30-16-19(9-10-22(30)28-20)14-26-13-18-6-2-1-3-7-18/h4-5,8-12,16-18,26H,1-3,6-7,13-15H2,(H,27,33). The van der Waals surface area contributed by atoms with E-state index in [0.717, 1.165) is 30.3 Å². The summed E-state index contributed by atoms with van der Waals surface area (Å²) in [5, 5.41) is 6.41. The first-order valence-electron chi connectivity index (χ1n) is 11.6. The van der Waals surface area contributed by atoms with E-state index in [9.17, 15) is 9.59 Å². The van der Waals surface area contributed by atoms with Crippen LogP contribution in [0.3, 0.4) is 0 Å². The lowest BCUT2D eigenvalue weighted by atomic mass is 9.89. The summed E-state index contributed by atoms with van der Waals surface area (Å²) in [6.07, 6.45) is 12.4. The Bertz CT molecular complexity index is 1340. The molecule has 33 heavy (non-hydrogen) atoms. The predicted octanol–water partition coefficient (Wildman–Crippen LogP) is 2.94. The third-order valence-corrected chi connectivity index (χ3v) is 6.28. The molecule has 0 aliphatic heterocycles. The van der Waals surface area contributed by atoms with Crippen molar-refractivity contribution in [1.82, 2.24) is 29.4 Å². The van der Waals surface area contributed by atoms with Crippen molar-refractivity contribution in [3.63, 3.8) is 0 Å². The number of amides is 1. The van der Waals surface area contributed by atoms with Crippen LogP contribution in [0.1, 0.15) is 53.8 Å². The van der Waals surface area contributed by atoms with E-state index in [1.54, 1.807) is 24.4 Å². The van der Waals surface area contributed by atoms with Crippen LogP contribution in [-0.2, 0) is 13.1 Å². The lowest BCUT2D eigenvalue weighted by Gasteiger charge is -2.21. The third-order valence-electron chi connectivity index (χ3n) is 6.28. The van der Waals surface area contributed by atoms with E-state index in [4.69, 9.17) is 0 Å². The minimum atomic E-state index is -0.400. The van der Waals surface area contributed by atoms with E-state index in [1.807, 2.05) is 16.7 Å². The van der Waals surface area contributed by atoms with Gasteiger partial charge in [0, 0.05) is 31.2 Å². The Morgan fingerprint density at radius 1 is 1.00 bits per heavy atom. The summed E-state index contributed by atoms with van der Waals surface area (Å²) in [4.78, 5) is 33.6. The van der Waals surface area contributed by atoms with Crippen LogP contribution in [0.5, 0.6) is 0 Å². The van der Waals surface area contributed by atoms with Crippen LogP contribution in [0.15, 0.2) is 59.8 Å². The number of aromatic nitrogens is 4. The number of carbonyl (C=O) groups excluding carboxylic acids is 1. The second-order valence-corrected chi connectivity index (χ2v) is 8.76. The summed E-state index contributed by atoms with van der Waals surface area (Å²) in [6, 6.07) is 10.6. The second-order valence-electron chi connectivity index (χ2n) is 8.76. The molecule has 4 heterocycles. The molecule has 2 N–H and O–H groups in total. The zero-order valence-electron chi connectivity index (χ0n) is 18.5. The Balaban J connectivity index is 1.20. The Morgan fingerprint density at radius 2 is 1.88 bits per heavy atom. The Labute approximate surface area is 191 Å². The number of nitrogens with zero attached hydrogens (tertiary/aromatic N) is 4. The number of hydrogen-bond acceptors (Lipinski definition) is 5. The molecule has 0 radical (unpaired) electrons. The maximum atomic E-state index is 12.6. The van der Waals surface area contributed by atoms with Gasteiger partial charge in [-0.05, 0) is 49.1 Å². The number of fused-ring (bicyclic) bond motifs is 2. The van der Waals surface area contributed by atoms with Crippen LogP contribution in [-0.4, -0.2) is 31.2 Å². The summed E-state index contributed by atoms with van der Waals surface area (Å²) in [5.74, 6) is 0.405. The number of imidazole rings is 1. The minimum absolute atomic E-state index is 0.0984. The lowest BCUT2D eigenvalue weighted by molar-refractivity contribution is 0.0945. The van der Waals surface area contributed by atoms with Crippen molar-refractivity contribution < 1.29 is 4.79 Å². The summed E-state index contributed by atoms with van der Waals surface area (Å²) in [6.45, 7) is 2.16.